The summed E-state index contributed by atoms with van der Waals surface area (Å²) < 4.78 is 0. The van der Waals surface area contributed by atoms with Crippen LogP contribution in [-0.2, 0) is 86.8 Å². The largest absolute Gasteiger partial charge is 0.305 e. The van der Waals surface area contributed by atoms with Gasteiger partial charge in [0.25, 0.3) is 0 Å². The summed E-state index contributed by atoms with van der Waals surface area (Å²) in [7, 11) is 0. The van der Waals surface area contributed by atoms with Crippen molar-refractivity contribution in [3.05, 3.63) is 338 Å². The van der Waals surface area contributed by atoms with Crippen molar-refractivity contribution in [2.24, 2.45) is 5.92 Å². The predicted octanol–water partition coefficient (Wildman–Crippen LogP) is 23.1. The van der Waals surface area contributed by atoms with Crippen LogP contribution in [0.3, 0.4) is 0 Å². The fraction of sp³-hybridized carbons (Fsp3) is 0.149. The van der Waals surface area contributed by atoms with Crippen LogP contribution in [0.5, 0.6) is 0 Å². The van der Waals surface area contributed by atoms with E-state index in [1.54, 1.807) is 0 Å². The molecule has 0 saturated carbocycles. The topological polar surface area (TPSA) is 51.6 Å². The molecule has 0 fully saturated rings. The molecule has 8 heteroatoms. The Bertz CT molecular complexity index is 4280. The van der Waals surface area contributed by atoms with Crippen molar-refractivity contribution in [1.29, 1.82) is 0 Å². The quantitative estimate of drug-likeness (QED) is 0.102. The molecule has 0 saturated heterocycles. The monoisotopic (exact) mass is 1950 g/mol. The number of pyridine rings is 4. The summed E-state index contributed by atoms with van der Waals surface area (Å²) in [5.41, 5.74) is 25.6. The number of benzene rings is 9. The van der Waals surface area contributed by atoms with E-state index in [0.29, 0.717) is 23.7 Å². The normalized spacial score (nSPS) is 10.4. The van der Waals surface area contributed by atoms with E-state index in [1.165, 1.54) is 77.9 Å². The minimum Gasteiger partial charge on any atom is -0.305 e. The molecule has 13 aromatic rings. The molecule has 0 aliphatic rings. The molecule has 13 rings (SSSR count). The maximum Gasteiger partial charge on any atom is 0.0163 e. The first kappa shape index (κ1) is 76.2. The van der Waals surface area contributed by atoms with Gasteiger partial charge in [0.05, 0.1) is 0 Å². The van der Waals surface area contributed by atoms with Gasteiger partial charge < -0.3 is 19.9 Å². The zero-order chi connectivity index (χ0) is 63.3. The molecule has 0 aliphatic heterocycles. The van der Waals surface area contributed by atoms with E-state index in [2.05, 4.69) is 288 Å². The molecule has 0 spiro atoms. The van der Waals surface area contributed by atoms with Crippen molar-refractivity contribution in [2.45, 2.75) is 79.6 Å². The number of hydrogen-bond donors (Lipinski definition) is 0. The molecule has 9 aromatic carbocycles. The molecular formula is C87H78Ir4N4-4. The second-order valence-electron chi connectivity index (χ2n) is 24.0. The number of rotatable bonds is 14. The summed E-state index contributed by atoms with van der Waals surface area (Å²) in [5, 5.41) is 0. The predicted molar refractivity (Wildman–Crippen MR) is 382 cm³/mol. The molecule has 4 nitrogen and oxygen atoms in total. The van der Waals surface area contributed by atoms with Gasteiger partial charge in [0, 0.05) is 105 Å². The van der Waals surface area contributed by atoms with Gasteiger partial charge in [-0.15, -0.1) is 142 Å². The first-order chi connectivity index (χ1) is 44.4. The first-order valence-electron chi connectivity index (χ1n) is 31.6. The molecule has 95 heavy (non-hydrogen) atoms. The summed E-state index contributed by atoms with van der Waals surface area (Å²) in [5.74, 6) is 2.19. The van der Waals surface area contributed by atoms with Crippen molar-refractivity contribution in [2.75, 3.05) is 0 Å². The molecule has 0 unspecified atom stereocenters. The molecular weight excluding hydrogens is 1870 g/mol. The maximum absolute atomic E-state index is 4.52. The Morgan fingerprint density at radius 2 is 0.589 bits per heavy atom. The third-order valence-electron chi connectivity index (χ3n) is 15.7. The Hall–Kier alpha value is -7.82. The second-order valence-corrected chi connectivity index (χ2v) is 24.0. The smallest absolute Gasteiger partial charge is 0.0163 e. The van der Waals surface area contributed by atoms with Crippen LogP contribution in [0.25, 0.3) is 101 Å². The Balaban J connectivity index is 0.000000198. The Labute approximate surface area is 619 Å². The van der Waals surface area contributed by atoms with Crippen molar-refractivity contribution in [3.63, 3.8) is 0 Å². The summed E-state index contributed by atoms with van der Waals surface area (Å²) in [4.78, 5) is 17.9. The van der Waals surface area contributed by atoms with Gasteiger partial charge in [0.1, 0.15) is 0 Å². The summed E-state index contributed by atoms with van der Waals surface area (Å²) in [6.45, 7) is 17.9. The van der Waals surface area contributed by atoms with E-state index >= 15 is 0 Å². The molecule has 0 amide bonds. The fourth-order valence-electron chi connectivity index (χ4n) is 10.7. The van der Waals surface area contributed by atoms with Crippen molar-refractivity contribution in [1.82, 2.24) is 19.9 Å². The van der Waals surface area contributed by atoms with Gasteiger partial charge in [-0.1, -0.05) is 230 Å². The number of hydrogen-bond acceptors (Lipinski definition) is 4. The van der Waals surface area contributed by atoms with E-state index in [0.717, 1.165) is 51.5 Å². The summed E-state index contributed by atoms with van der Waals surface area (Å²) >= 11 is 0. The SMILES string of the molecule is CC(C)Cc1ccnc(-c2[c-]ccc(-c3ccccc3)c2)c1.CC(C)c1cc(-c2cc[c-]c(-c3ccccn3)c2)cc(C(C)C)c1.CC(C)c1ccnc(-c2[c-]ccc(-c3ccccc3)c2)c1.[Ir].[Ir].[Ir].[Ir].[c-]1ccc(-c2cccc(-c3ccccc3)c2)cc1-c1ccccn1. The minimum atomic E-state index is 0. The van der Waals surface area contributed by atoms with E-state index in [4.69, 9.17) is 0 Å². The summed E-state index contributed by atoms with van der Waals surface area (Å²) in [6, 6.07) is 105. The van der Waals surface area contributed by atoms with Crippen LogP contribution in [0, 0.1) is 30.2 Å². The van der Waals surface area contributed by atoms with Crippen molar-refractivity contribution < 1.29 is 80.4 Å². The van der Waals surface area contributed by atoms with Crippen molar-refractivity contribution in [3.8, 4) is 101 Å². The fourth-order valence-corrected chi connectivity index (χ4v) is 10.7. The Kier molecular flexibility index (Phi) is 31.0. The third kappa shape index (κ3) is 22.1. The van der Waals surface area contributed by atoms with Gasteiger partial charge in [-0.3, -0.25) is 0 Å². The third-order valence-corrected chi connectivity index (χ3v) is 15.7. The van der Waals surface area contributed by atoms with Crippen LogP contribution in [0.4, 0.5) is 0 Å². The first-order valence-corrected chi connectivity index (χ1v) is 31.6. The Morgan fingerprint density at radius 3 is 0.989 bits per heavy atom. The van der Waals surface area contributed by atoms with Crippen LogP contribution >= 0.6 is 0 Å². The van der Waals surface area contributed by atoms with Gasteiger partial charge in [-0.05, 0) is 128 Å². The summed E-state index contributed by atoms with van der Waals surface area (Å²) in [6.07, 6.45) is 8.50. The molecule has 0 bridgehead atoms. The molecule has 0 aliphatic carbocycles. The van der Waals surface area contributed by atoms with Gasteiger partial charge in [-0.25, -0.2) is 0 Å². The molecule has 4 aromatic heterocycles. The second kappa shape index (κ2) is 38.7. The molecule has 4 heterocycles. The van der Waals surface area contributed by atoms with Crippen LogP contribution < -0.4 is 0 Å². The van der Waals surface area contributed by atoms with E-state index < -0.39 is 0 Å². The van der Waals surface area contributed by atoms with Gasteiger partial charge in [-0.2, -0.15) is 0 Å². The number of nitrogens with zero attached hydrogens (tertiary/aromatic N) is 4. The standard InChI is InChI=1S/C23H16N.C23H24N.C21H20N.C20H18N.4Ir/c1-2-8-18(9-3-1)19-10-6-11-20(16-19)21-12-7-13-22(17-21)23-14-4-5-15-24-23;1-16(2)20-13-21(17(3)4)15-22(14-20)18-8-7-9-19(12-18)23-10-5-6-11-24-23;1-16(2)13-17-11-12-22-21(14-17)20-10-6-9-19(15-20)18-7-4-3-5-8-18;1-15(2)17-11-12-21-20(14-17)19-10-6-9-18(13-19)16-7-4-3-5-8-16;;;;/h1-12,14-17H;5-8,10-17H,1-4H3;3-9,11-12,14-16H,13H2,1-2H3;3-9,11-15H,1-2H3;;;;/q4*-1;;;;. The van der Waals surface area contributed by atoms with Gasteiger partial charge >= 0.3 is 0 Å². The van der Waals surface area contributed by atoms with Gasteiger partial charge in [0.2, 0.25) is 0 Å². The van der Waals surface area contributed by atoms with E-state index in [-0.39, 0.29) is 80.4 Å². The zero-order valence-corrected chi connectivity index (χ0v) is 64.4. The Morgan fingerprint density at radius 1 is 0.253 bits per heavy atom. The average molecular weight is 1950 g/mol. The van der Waals surface area contributed by atoms with Crippen LogP contribution in [0.15, 0.2) is 292 Å². The van der Waals surface area contributed by atoms with Crippen LogP contribution in [-0.4, -0.2) is 19.9 Å². The van der Waals surface area contributed by atoms with Crippen LogP contribution in [0.1, 0.15) is 95.4 Å². The van der Waals surface area contributed by atoms with Crippen molar-refractivity contribution >= 4 is 0 Å². The zero-order valence-electron chi connectivity index (χ0n) is 54.9. The average Bonchev–Trinajstić information content (AvgIpc) is 0.890. The van der Waals surface area contributed by atoms with E-state index in [9.17, 15) is 0 Å². The molecule has 4 radical (unpaired) electrons. The maximum atomic E-state index is 4.52. The van der Waals surface area contributed by atoms with E-state index in [1.807, 2.05) is 104 Å². The van der Waals surface area contributed by atoms with Crippen LogP contribution in [0.2, 0.25) is 0 Å². The molecule has 486 valence electrons. The molecule has 0 atom stereocenters. The molecule has 0 N–H and O–H groups in total. The number of aromatic nitrogens is 4. The minimum absolute atomic E-state index is 0. The van der Waals surface area contributed by atoms with Gasteiger partial charge in [0.15, 0.2) is 0 Å².